The van der Waals surface area contributed by atoms with Crippen molar-refractivity contribution in [1.29, 1.82) is 0 Å². The van der Waals surface area contributed by atoms with Crippen molar-refractivity contribution in [3.63, 3.8) is 0 Å². The molecule has 0 bridgehead atoms. The van der Waals surface area contributed by atoms with Gasteiger partial charge in [-0.25, -0.2) is 0 Å². The van der Waals surface area contributed by atoms with Crippen molar-refractivity contribution in [3.05, 3.63) is 42.6 Å². The summed E-state index contributed by atoms with van der Waals surface area (Å²) in [5.41, 5.74) is 5.81. The normalized spacial score (nSPS) is 10.0. The molecule has 0 aromatic heterocycles. The molecule has 3 nitrogen and oxygen atoms in total. The quantitative estimate of drug-likeness (QED) is 0.640. The van der Waals surface area contributed by atoms with Crippen molar-refractivity contribution in [2.45, 2.75) is 0 Å². The van der Waals surface area contributed by atoms with E-state index in [1.165, 1.54) is 12.3 Å². The molecule has 0 unspecified atom stereocenters. The van der Waals surface area contributed by atoms with Crippen LogP contribution in [0.1, 0.15) is 0 Å². The van der Waals surface area contributed by atoms with Crippen LogP contribution in [-0.4, -0.2) is 5.91 Å². The number of benzene rings is 1. The van der Waals surface area contributed by atoms with Crippen molar-refractivity contribution < 1.29 is 4.79 Å². The topological polar surface area (TPSA) is 55.1 Å². The van der Waals surface area contributed by atoms with Gasteiger partial charge in [-0.2, -0.15) is 0 Å². The van der Waals surface area contributed by atoms with E-state index in [4.69, 9.17) is 5.73 Å². The molecule has 1 rings (SSSR count). The average Bonchev–Trinajstić information content (AvgIpc) is 2.06. The highest BCUT2D eigenvalue weighted by Crippen LogP contribution is 2.04. The Balaban J connectivity index is 2.59. The first-order valence-corrected chi connectivity index (χ1v) is 3.57. The second kappa shape index (κ2) is 4.18. The summed E-state index contributed by atoms with van der Waals surface area (Å²) in [6, 6.07) is 9.20. The molecule has 3 N–H and O–H groups in total. The number of hydrogen-bond acceptors (Lipinski definition) is 2. The molecule has 0 saturated heterocycles. The van der Waals surface area contributed by atoms with Gasteiger partial charge in [0.15, 0.2) is 0 Å². The lowest BCUT2D eigenvalue weighted by Gasteiger charge is -1.99. The number of nitrogens with two attached hydrogens (primary N) is 1. The molecule has 0 radical (unpaired) electrons. The molecule has 0 heterocycles. The number of carbonyl (C=O) groups is 1. The average molecular weight is 162 g/mol. The van der Waals surface area contributed by atoms with Crippen LogP contribution in [0.4, 0.5) is 5.69 Å². The summed E-state index contributed by atoms with van der Waals surface area (Å²) < 4.78 is 0. The maximum atomic E-state index is 10.9. The van der Waals surface area contributed by atoms with Gasteiger partial charge >= 0.3 is 0 Å². The first kappa shape index (κ1) is 8.33. The lowest BCUT2D eigenvalue weighted by molar-refractivity contribution is -0.111. The molecule has 0 aliphatic heterocycles. The molecule has 1 aromatic carbocycles. The zero-order valence-corrected chi connectivity index (χ0v) is 6.53. The molecule has 0 fully saturated rings. The summed E-state index contributed by atoms with van der Waals surface area (Å²) in [5, 5.41) is 2.64. The van der Waals surface area contributed by atoms with Crippen molar-refractivity contribution in [2.24, 2.45) is 5.73 Å². The Labute approximate surface area is 70.9 Å². The van der Waals surface area contributed by atoms with Crippen molar-refractivity contribution >= 4 is 11.6 Å². The van der Waals surface area contributed by atoms with Gasteiger partial charge in [-0.05, 0) is 18.3 Å². The number of hydrogen-bond donors (Lipinski definition) is 2. The smallest absolute Gasteiger partial charge is 0.249 e. The molecule has 0 saturated carbocycles. The van der Waals surface area contributed by atoms with Gasteiger partial charge in [0.05, 0.1) is 0 Å². The SMILES string of the molecule is N/C=C\C(=O)Nc1ccccc1. The summed E-state index contributed by atoms with van der Waals surface area (Å²) in [7, 11) is 0. The van der Waals surface area contributed by atoms with Crippen molar-refractivity contribution in [3.8, 4) is 0 Å². The maximum Gasteiger partial charge on any atom is 0.249 e. The lowest BCUT2D eigenvalue weighted by Crippen LogP contribution is -2.08. The largest absolute Gasteiger partial charge is 0.404 e. The van der Waals surface area contributed by atoms with E-state index in [-0.39, 0.29) is 5.91 Å². The molecule has 0 spiro atoms. The molecule has 0 atom stereocenters. The summed E-state index contributed by atoms with van der Waals surface area (Å²) in [4.78, 5) is 10.9. The predicted octanol–water partition coefficient (Wildman–Crippen LogP) is 1.10. The summed E-state index contributed by atoms with van der Waals surface area (Å²) in [6.07, 6.45) is 2.48. The van der Waals surface area contributed by atoms with Crippen molar-refractivity contribution in [2.75, 3.05) is 5.32 Å². The second-order valence-corrected chi connectivity index (χ2v) is 2.21. The number of amides is 1. The highest BCUT2D eigenvalue weighted by atomic mass is 16.1. The van der Waals surface area contributed by atoms with Crippen LogP contribution in [0.3, 0.4) is 0 Å². The summed E-state index contributed by atoms with van der Waals surface area (Å²) in [6.45, 7) is 0. The van der Waals surface area contributed by atoms with Crippen LogP contribution in [0, 0.1) is 0 Å². The Morgan fingerprint density at radius 2 is 2.00 bits per heavy atom. The van der Waals surface area contributed by atoms with Crippen LogP contribution < -0.4 is 11.1 Å². The third-order valence-electron chi connectivity index (χ3n) is 1.29. The van der Waals surface area contributed by atoms with E-state index in [0.717, 1.165) is 5.69 Å². The number of carbonyl (C=O) groups excluding carboxylic acids is 1. The van der Waals surface area contributed by atoms with Gasteiger partial charge in [-0.3, -0.25) is 4.79 Å². The van der Waals surface area contributed by atoms with Crippen LogP contribution in [-0.2, 0) is 4.79 Å². The fourth-order valence-electron chi connectivity index (χ4n) is 0.793. The molecule has 12 heavy (non-hydrogen) atoms. The minimum absolute atomic E-state index is 0.219. The van der Waals surface area contributed by atoms with Gasteiger partial charge in [0.25, 0.3) is 0 Å². The van der Waals surface area contributed by atoms with E-state index in [0.29, 0.717) is 0 Å². The van der Waals surface area contributed by atoms with Crippen LogP contribution >= 0.6 is 0 Å². The predicted molar refractivity (Wildman–Crippen MR) is 48.4 cm³/mol. The van der Waals surface area contributed by atoms with E-state index in [1.807, 2.05) is 30.3 Å². The summed E-state index contributed by atoms with van der Waals surface area (Å²) >= 11 is 0. The first-order valence-electron chi connectivity index (χ1n) is 3.57. The van der Waals surface area contributed by atoms with E-state index >= 15 is 0 Å². The standard InChI is InChI=1S/C9H10N2O/c10-7-6-9(12)11-8-4-2-1-3-5-8/h1-7H,10H2,(H,11,12)/b7-6-. The third kappa shape index (κ3) is 2.46. The second-order valence-electron chi connectivity index (χ2n) is 2.21. The molecule has 0 aliphatic carbocycles. The number of anilines is 1. The number of para-hydroxylation sites is 1. The highest BCUT2D eigenvalue weighted by molar-refractivity contribution is 5.99. The fraction of sp³-hybridized carbons (Fsp3) is 0. The molecule has 1 aromatic rings. The Bertz CT molecular complexity index is 280. The van der Waals surface area contributed by atoms with E-state index in [1.54, 1.807) is 0 Å². The minimum Gasteiger partial charge on any atom is -0.404 e. The van der Waals surface area contributed by atoms with E-state index < -0.39 is 0 Å². The molecule has 0 aliphatic rings. The van der Waals surface area contributed by atoms with Gasteiger partial charge in [0, 0.05) is 11.8 Å². The Hall–Kier alpha value is -1.77. The van der Waals surface area contributed by atoms with Gasteiger partial charge in [-0.1, -0.05) is 18.2 Å². The van der Waals surface area contributed by atoms with Gasteiger partial charge in [0.1, 0.15) is 0 Å². The Morgan fingerprint density at radius 1 is 1.33 bits per heavy atom. The van der Waals surface area contributed by atoms with Crippen LogP contribution in [0.15, 0.2) is 42.6 Å². The molecular formula is C9H10N2O. The Morgan fingerprint density at radius 3 is 2.58 bits per heavy atom. The first-order chi connectivity index (χ1) is 5.83. The molecule has 1 amide bonds. The van der Waals surface area contributed by atoms with Gasteiger partial charge < -0.3 is 11.1 Å². The summed E-state index contributed by atoms with van der Waals surface area (Å²) in [5.74, 6) is -0.219. The van der Waals surface area contributed by atoms with Gasteiger partial charge in [-0.15, -0.1) is 0 Å². The zero-order valence-electron chi connectivity index (χ0n) is 6.53. The molecule has 3 heteroatoms. The van der Waals surface area contributed by atoms with Crippen molar-refractivity contribution in [1.82, 2.24) is 0 Å². The van der Waals surface area contributed by atoms with Crippen LogP contribution in [0.5, 0.6) is 0 Å². The number of nitrogens with one attached hydrogen (secondary N) is 1. The maximum absolute atomic E-state index is 10.9. The zero-order chi connectivity index (χ0) is 8.81. The number of rotatable bonds is 2. The fourth-order valence-corrected chi connectivity index (χ4v) is 0.793. The third-order valence-corrected chi connectivity index (χ3v) is 1.29. The molecule has 62 valence electrons. The van der Waals surface area contributed by atoms with Gasteiger partial charge in [0.2, 0.25) is 5.91 Å². The highest BCUT2D eigenvalue weighted by Gasteiger charge is 1.93. The van der Waals surface area contributed by atoms with Crippen LogP contribution in [0.25, 0.3) is 0 Å². The molecular weight excluding hydrogens is 152 g/mol. The Kier molecular flexibility index (Phi) is 2.90. The lowest BCUT2D eigenvalue weighted by atomic mass is 10.3. The van der Waals surface area contributed by atoms with E-state index in [2.05, 4.69) is 5.32 Å². The minimum atomic E-state index is -0.219. The van der Waals surface area contributed by atoms with Crippen LogP contribution in [0.2, 0.25) is 0 Å². The van der Waals surface area contributed by atoms with E-state index in [9.17, 15) is 4.79 Å². The monoisotopic (exact) mass is 162 g/mol.